The van der Waals surface area contributed by atoms with E-state index in [9.17, 15) is 22.0 Å². The van der Waals surface area contributed by atoms with E-state index < -0.39 is 24.3 Å². The van der Waals surface area contributed by atoms with Crippen LogP contribution in [0.5, 0.6) is 11.5 Å². The van der Waals surface area contributed by atoms with Gasteiger partial charge in [0.2, 0.25) is 0 Å². The van der Waals surface area contributed by atoms with Gasteiger partial charge in [-0.1, -0.05) is 43.7 Å². The largest absolute Gasteiger partial charge is 0.432 e. The number of benzene rings is 3. The summed E-state index contributed by atoms with van der Waals surface area (Å²) in [7, 11) is 0. The number of ether oxygens (including phenoxy) is 2. The van der Waals surface area contributed by atoms with Crippen LogP contribution in [0.25, 0.3) is 0 Å². The first-order valence-electron chi connectivity index (χ1n) is 10.7. The number of halogens is 5. The highest BCUT2D eigenvalue weighted by Crippen LogP contribution is 2.32. The van der Waals surface area contributed by atoms with Crippen LogP contribution in [-0.2, 0) is 25.4 Å². The summed E-state index contributed by atoms with van der Waals surface area (Å²) in [5.74, 6) is -1.35. The van der Waals surface area contributed by atoms with E-state index >= 15 is 0 Å². The summed E-state index contributed by atoms with van der Waals surface area (Å²) in [6.07, 6.45) is 0.370. The van der Waals surface area contributed by atoms with Crippen molar-refractivity contribution in [3.63, 3.8) is 0 Å². The summed E-state index contributed by atoms with van der Waals surface area (Å²) in [5, 5.41) is 0. The van der Waals surface area contributed by atoms with Crippen molar-refractivity contribution in [3.05, 3.63) is 94.8 Å². The van der Waals surface area contributed by atoms with Gasteiger partial charge in [0, 0.05) is 0 Å². The van der Waals surface area contributed by atoms with E-state index in [-0.39, 0.29) is 11.3 Å². The maximum atomic E-state index is 14.5. The van der Waals surface area contributed by atoms with Gasteiger partial charge >= 0.3 is 12.7 Å². The first kappa shape index (κ1) is 24.6. The predicted octanol–water partition coefficient (Wildman–Crippen LogP) is 7.68. The molecule has 0 atom stereocenters. The normalized spacial score (nSPS) is 11.6. The van der Waals surface area contributed by atoms with E-state index in [4.69, 9.17) is 4.74 Å². The molecule has 176 valence electrons. The minimum absolute atomic E-state index is 0.0263. The molecule has 2 nitrogen and oxygen atoms in total. The number of unbranched alkanes of at least 4 members (excludes halogenated alkanes) is 1. The smallest absolute Gasteiger partial charge is 0.426 e. The van der Waals surface area contributed by atoms with Crippen LogP contribution < -0.4 is 9.47 Å². The summed E-state index contributed by atoms with van der Waals surface area (Å²) in [4.78, 5) is 0. The monoisotopic (exact) mass is 464 g/mol. The van der Waals surface area contributed by atoms with Gasteiger partial charge < -0.3 is 9.47 Å². The molecule has 0 saturated carbocycles. The van der Waals surface area contributed by atoms with E-state index in [0.29, 0.717) is 18.4 Å². The van der Waals surface area contributed by atoms with Crippen LogP contribution in [0, 0.1) is 5.82 Å². The highest BCUT2D eigenvalue weighted by molar-refractivity contribution is 5.32. The third-order valence-electron chi connectivity index (χ3n) is 5.19. The average molecular weight is 464 g/mol. The number of alkyl halides is 4. The molecule has 7 heteroatoms. The van der Waals surface area contributed by atoms with Crippen LogP contribution in [-0.4, -0.2) is 6.61 Å². The molecule has 33 heavy (non-hydrogen) atoms. The van der Waals surface area contributed by atoms with Gasteiger partial charge in [0.25, 0.3) is 0 Å². The van der Waals surface area contributed by atoms with Crippen molar-refractivity contribution in [2.24, 2.45) is 0 Å². The van der Waals surface area contributed by atoms with Crippen LogP contribution in [0.1, 0.15) is 42.0 Å². The van der Waals surface area contributed by atoms with E-state index in [1.165, 1.54) is 30.3 Å². The molecule has 3 aromatic rings. The number of hydrogen-bond acceptors (Lipinski definition) is 2. The molecule has 0 radical (unpaired) electrons. The molecule has 3 rings (SSSR count). The molecule has 0 unspecified atom stereocenters. The molecule has 0 spiro atoms. The Morgan fingerprint density at radius 1 is 0.788 bits per heavy atom. The second-order valence-corrected chi connectivity index (χ2v) is 7.71. The second-order valence-electron chi connectivity index (χ2n) is 7.71. The fourth-order valence-corrected chi connectivity index (χ4v) is 3.36. The lowest BCUT2D eigenvalue weighted by Gasteiger charge is -2.19. The highest BCUT2D eigenvalue weighted by atomic mass is 19.3. The van der Waals surface area contributed by atoms with Gasteiger partial charge in [-0.05, 0) is 78.8 Å². The molecule has 0 N–H and O–H groups in total. The van der Waals surface area contributed by atoms with E-state index in [1.54, 1.807) is 24.3 Å². The molecule has 0 bridgehead atoms. The lowest BCUT2D eigenvalue weighted by atomic mass is 10.0. The molecule has 0 aliphatic heterocycles. The van der Waals surface area contributed by atoms with Gasteiger partial charge in [0.05, 0.1) is 5.56 Å². The van der Waals surface area contributed by atoms with Crippen LogP contribution in [0.4, 0.5) is 22.0 Å². The minimum Gasteiger partial charge on any atom is -0.432 e. The number of hydrogen-bond donors (Lipinski definition) is 0. The van der Waals surface area contributed by atoms with E-state index in [1.807, 2.05) is 0 Å². The lowest BCUT2D eigenvalue weighted by Crippen LogP contribution is -2.21. The van der Waals surface area contributed by atoms with E-state index in [0.717, 1.165) is 42.5 Å². The molecular formula is C26H25F5O2. The van der Waals surface area contributed by atoms with Crippen molar-refractivity contribution in [3.8, 4) is 11.5 Å². The highest BCUT2D eigenvalue weighted by Gasteiger charge is 2.34. The van der Waals surface area contributed by atoms with E-state index in [2.05, 4.69) is 11.7 Å². The summed E-state index contributed by atoms with van der Waals surface area (Å²) in [6, 6.07) is 16.2. The Balaban J connectivity index is 1.57. The van der Waals surface area contributed by atoms with Crippen molar-refractivity contribution in [1.82, 2.24) is 0 Å². The molecule has 3 aromatic carbocycles. The summed E-state index contributed by atoms with van der Waals surface area (Å²) >= 11 is 0. The zero-order valence-electron chi connectivity index (χ0n) is 18.2. The fourth-order valence-electron chi connectivity index (χ4n) is 3.36. The lowest BCUT2D eigenvalue weighted by molar-refractivity contribution is -0.185. The third-order valence-corrected chi connectivity index (χ3v) is 5.19. The Labute approximate surface area is 190 Å². The molecule has 0 amide bonds. The van der Waals surface area contributed by atoms with Crippen molar-refractivity contribution >= 4 is 0 Å². The summed E-state index contributed by atoms with van der Waals surface area (Å²) in [6.45, 7) is -1.02. The van der Waals surface area contributed by atoms with Gasteiger partial charge in [-0.25, -0.2) is 4.39 Å². The standard InChI is InChI=1S/C26H25F5O2/c1-2-3-4-18-7-12-21(13-8-18)26(30,31)33-22-14-9-19(10-15-22)5-6-20-11-16-24(23(27)17-20)32-25(28)29/h7-17,25H,2-6H2,1H3. The van der Waals surface area contributed by atoms with Crippen molar-refractivity contribution in [2.45, 2.75) is 51.7 Å². The second kappa shape index (κ2) is 11.2. The van der Waals surface area contributed by atoms with Crippen LogP contribution in [0.15, 0.2) is 66.7 Å². The Morgan fingerprint density at radius 3 is 1.97 bits per heavy atom. The number of aryl methyl sites for hydroxylation is 3. The number of rotatable bonds is 11. The molecule has 0 aliphatic rings. The molecule has 0 fully saturated rings. The third kappa shape index (κ3) is 7.20. The minimum atomic E-state index is -3.47. The van der Waals surface area contributed by atoms with Crippen molar-refractivity contribution < 1.29 is 31.4 Å². The van der Waals surface area contributed by atoms with Crippen molar-refractivity contribution in [2.75, 3.05) is 0 Å². The topological polar surface area (TPSA) is 18.5 Å². The van der Waals surface area contributed by atoms with Gasteiger partial charge in [0.15, 0.2) is 11.6 Å². The SMILES string of the molecule is CCCCc1ccc(C(F)(F)Oc2ccc(CCc3ccc(OC(F)F)c(F)c3)cc2)cc1. The first-order valence-corrected chi connectivity index (χ1v) is 10.7. The van der Waals surface area contributed by atoms with Crippen LogP contribution >= 0.6 is 0 Å². The molecule has 0 saturated heterocycles. The maximum Gasteiger partial charge on any atom is 0.426 e. The Hall–Kier alpha value is -3.09. The van der Waals surface area contributed by atoms with Gasteiger partial charge in [-0.15, -0.1) is 0 Å². The summed E-state index contributed by atoms with van der Waals surface area (Å²) < 4.78 is 76.3. The quantitative estimate of drug-likeness (QED) is 0.271. The van der Waals surface area contributed by atoms with Gasteiger partial charge in [-0.2, -0.15) is 17.6 Å². The predicted molar refractivity (Wildman–Crippen MR) is 116 cm³/mol. The first-order chi connectivity index (χ1) is 15.8. The average Bonchev–Trinajstić information content (AvgIpc) is 2.78. The Morgan fingerprint density at radius 2 is 1.36 bits per heavy atom. The fraction of sp³-hybridized carbons (Fsp3) is 0.308. The maximum absolute atomic E-state index is 14.5. The summed E-state index contributed by atoms with van der Waals surface area (Å²) in [5.41, 5.74) is 2.23. The van der Waals surface area contributed by atoms with Gasteiger partial charge in [-0.3, -0.25) is 0 Å². The molecule has 0 heterocycles. The zero-order valence-corrected chi connectivity index (χ0v) is 18.2. The zero-order chi connectivity index (χ0) is 23.8. The molecule has 0 aliphatic carbocycles. The van der Waals surface area contributed by atoms with Crippen molar-refractivity contribution in [1.29, 1.82) is 0 Å². The molecular weight excluding hydrogens is 439 g/mol. The molecule has 0 aromatic heterocycles. The Bertz CT molecular complexity index is 1020. The Kier molecular flexibility index (Phi) is 8.31. The van der Waals surface area contributed by atoms with Crippen LogP contribution in [0.2, 0.25) is 0 Å². The van der Waals surface area contributed by atoms with Gasteiger partial charge in [0.1, 0.15) is 5.75 Å². The van der Waals surface area contributed by atoms with Crippen LogP contribution in [0.3, 0.4) is 0 Å².